The van der Waals surface area contributed by atoms with Crippen LogP contribution in [0.15, 0.2) is 22.7 Å². The Morgan fingerprint density at radius 2 is 2.25 bits per heavy atom. The molecule has 1 atom stereocenters. The fourth-order valence-electron chi connectivity index (χ4n) is 2.25. The van der Waals surface area contributed by atoms with Gasteiger partial charge in [0, 0.05) is 17.1 Å². The third kappa shape index (κ3) is 2.81. The third-order valence-electron chi connectivity index (χ3n) is 3.02. The summed E-state index contributed by atoms with van der Waals surface area (Å²) in [6, 6.07) is 5.17. The molecule has 1 saturated heterocycles. The van der Waals surface area contributed by atoms with Gasteiger partial charge in [0.25, 0.3) is 0 Å². The van der Waals surface area contributed by atoms with E-state index in [1.54, 1.807) is 6.07 Å². The van der Waals surface area contributed by atoms with Crippen molar-refractivity contribution in [3.05, 3.63) is 34.1 Å². The molecule has 0 saturated carbocycles. The summed E-state index contributed by atoms with van der Waals surface area (Å²) >= 11 is 3.29. The second-order valence-electron chi connectivity index (χ2n) is 4.23. The van der Waals surface area contributed by atoms with Crippen LogP contribution < -0.4 is 0 Å². The molecule has 1 fully saturated rings. The molecule has 1 aliphatic heterocycles. The van der Waals surface area contributed by atoms with Crippen molar-refractivity contribution in [2.24, 2.45) is 0 Å². The number of likely N-dealkylation sites (tertiary alicyclic amines) is 1. The van der Waals surface area contributed by atoms with Crippen LogP contribution in [0.4, 0.5) is 4.39 Å². The Bertz CT molecular complexity index is 352. The molecular formula is C12H15BrFNO. The van der Waals surface area contributed by atoms with Crippen LogP contribution in [0.3, 0.4) is 0 Å². The molecule has 0 spiro atoms. The second kappa shape index (κ2) is 5.25. The van der Waals surface area contributed by atoms with Gasteiger partial charge in [-0.2, -0.15) is 0 Å². The summed E-state index contributed by atoms with van der Waals surface area (Å²) in [6.45, 7) is 1.89. The molecule has 1 N–H and O–H groups in total. The van der Waals surface area contributed by atoms with E-state index < -0.39 is 0 Å². The highest BCUT2D eigenvalue weighted by Crippen LogP contribution is 2.22. The maximum atomic E-state index is 13.2. The van der Waals surface area contributed by atoms with Gasteiger partial charge in [0.15, 0.2) is 0 Å². The smallest absolute Gasteiger partial charge is 0.124 e. The van der Waals surface area contributed by atoms with E-state index in [0.717, 1.165) is 29.4 Å². The van der Waals surface area contributed by atoms with E-state index in [-0.39, 0.29) is 18.5 Å². The lowest BCUT2D eigenvalue weighted by Gasteiger charge is -2.22. The highest BCUT2D eigenvalue weighted by Gasteiger charge is 2.23. The second-order valence-corrected chi connectivity index (χ2v) is 5.14. The molecule has 0 amide bonds. The fourth-order valence-corrected chi connectivity index (χ4v) is 2.76. The van der Waals surface area contributed by atoms with E-state index in [1.807, 2.05) is 6.07 Å². The van der Waals surface area contributed by atoms with E-state index in [2.05, 4.69) is 20.8 Å². The molecule has 0 aromatic heterocycles. The van der Waals surface area contributed by atoms with Crippen molar-refractivity contribution in [1.29, 1.82) is 0 Å². The first kappa shape index (κ1) is 12.0. The van der Waals surface area contributed by atoms with Gasteiger partial charge in [0.2, 0.25) is 0 Å². The Labute approximate surface area is 103 Å². The van der Waals surface area contributed by atoms with Crippen LogP contribution in [0.5, 0.6) is 0 Å². The Balaban J connectivity index is 2.08. The van der Waals surface area contributed by atoms with Gasteiger partial charge in [0.05, 0.1) is 6.61 Å². The summed E-state index contributed by atoms with van der Waals surface area (Å²) in [5.74, 6) is -0.218. The quantitative estimate of drug-likeness (QED) is 0.924. The van der Waals surface area contributed by atoms with Crippen LogP contribution in [0.1, 0.15) is 18.4 Å². The number of benzene rings is 1. The van der Waals surface area contributed by atoms with Crippen LogP contribution in [0, 0.1) is 5.82 Å². The summed E-state index contributed by atoms with van der Waals surface area (Å²) in [5.41, 5.74) is 0.951. The van der Waals surface area contributed by atoms with E-state index in [0.29, 0.717) is 6.54 Å². The molecule has 1 aromatic carbocycles. The summed E-state index contributed by atoms with van der Waals surface area (Å²) < 4.78 is 13.9. The topological polar surface area (TPSA) is 23.5 Å². The van der Waals surface area contributed by atoms with Crippen molar-refractivity contribution in [3.8, 4) is 0 Å². The number of hydrogen-bond acceptors (Lipinski definition) is 2. The number of hydrogen-bond donors (Lipinski definition) is 1. The molecule has 0 bridgehead atoms. The molecule has 0 unspecified atom stereocenters. The molecule has 2 rings (SSSR count). The minimum Gasteiger partial charge on any atom is -0.395 e. The van der Waals surface area contributed by atoms with Crippen molar-refractivity contribution >= 4 is 15.9 Å². The van der Waals surface area contributed by atoms with Crippen molar-refractivity contribution in [1.82, 2.24) is 4.90 Å². The summed E-state index contributed by atoms with van der Waals surface area (Å²) in [5, 5.41) is 9.20. The van der Waals surface area contributed by atoms with Crippen molar-refractivity contribution < 1.29 is 9.50 Å². The van der Waals surface area contributed by atoms with Gasteiger partial charge in [-0.15, -0.1) is 0 Å². The highest BCUT2D eigenvalue weighted by molar-refractivity contribution is 9.10. The molecule has 0 radical (unpaired) electrons. The predicted molar refractivity (Wildman–Crippen MR) is 64.6 cm³/mol. The van der Waals surface area contributed by atoms with Crippen LogP contribution >= 0.6 is 15.9 Å². The van der Waals surface area contributed by atoms with Gasteiger partial charge in [-0.25, -0.2) is 4.39 Å². The maximum absolute atomic E-state index is 13.2. The normalized spacial score (nSPS) is 21.6. The lowest BCUT2D eigenvalue weighted by molar-refractivity contribution is 0.153. The Hall–Kier alpha value is -0.450. The Morgan fingerprint density at radius 1 is 1.44 bits per heavy atom. The first-order valence-electron chi connectivity index (χ1n) is 5.49. The lowest BCUT2D eigenvalue weighted by Crippen LogP contribution is -2.31. The minimum absolute atomic E-state index is 0.191. The van der Waals surface area contributed by atoms with Gasteiger partial charge < -0.3 is 5.11 Å². The largest absolute Gasteiger partial charge is 0.395 e. The molecule has 4 heteroatoms. The fraction of sp³-hybridized carbons (Fsp3) is 0.500. The summed E-state index contributed by atoms with van der Waals surface area (Å²) in [4.78, 5) is 2.21. The maximum Gasteiger partial charge on any atom is 0.124 e. The van der Waals surface area contributed by atoms with Crippen molar-refractivity contribution in [2.75, 3.05) is 13.2 Å². The van der Waals surface area contributed by atoms with Crippen LogP contribution in [-0.4, -0.2) is 29.2 Å². The first-order valence-corrected chi connectivity index (χ1v) is 6.28. The zero-order valence-electron chi connectivity index (χ0n) is 9.00. The summed E-state index contributed by atoms with van der Waals surface area (Å²) in [6.07, 6.45) is 2.15. The average Bonchev–Trinajstić information content (AvgIpc) is 2.63. The zero-order valence-corrected chi connectivity index (χ0v) is 10.6. The summed E-state index contributed by atoms with van der Waals surface area (Å²) in [7, 11) is 0. The van der Waals surface area contributed by atoms with E-state index in [9.17, 15) is 9.50 Å². The van der Waals surface area contributed by atoms with Crippen LogP contribution in [0.2, 0.25) is 0 Å². The molecule has 88 valence electrons. The van der Waals surface area contributed by atoms with E-state index in [4.69, 9.17) is 0 Å². The predicted octanol–water partition coefficient (Wildman–Crippen LogP) is 2.54. The highest BCUT2D eigenvalue weighted by atomic mass is 79.9. The number of rotatable bonds is 3. The molecule has 16 heavy (non-hydrogen) atoms. The van der Waals surface area contributed by atoms with E-state index >= 15 is 0 Å². The van der Waals surface area contributed by atoms with Gasteiger partial charge in [-0.3, -0.25) is 4.90 Å². The first-order chi connectivity index (χ1) is 7.69. The van der Waals surface area contributed by atoms with Crippen LogP contribution in [0.25, 0.3) is 0 Å². The van der Waals surface area contributed by atoms with Gasteiger partial charge in [-0.1, -0.05) is 15.9 Å². The molecular weight excluding hydrogens is 273 g/mol. The Kier molecular flexibility index (Phi) is 3.95. The Morgan fingerprint density at radius 3 is 2.94 bits per heavy atom. The standard InChI is InChI=1S/C12H15BrFNO/c13-10-4-9(5-11(14)6-10)7-15-3-1-2-12(15)8-16/h4-6,12,16H,1-3,7-8H2/t12-/m0/s1. The van der Waals surface area contributed by atoms with Crippen molar-refractivity contribution in [3.63, 3.8) is 0 Å². The molecule has 1 heterocycles. The number of aliphatic hydroxyl groups excluding tert-OH is 1. The number of nitrogens with zero attached hydrogens (tertiary/aromatic N) is 1. The zero-order chi connectivity index (χ0) is 11.5. The van der Waals surface area contributed by atoms with Gasteiger partial charge in [-0.05, 0) is 43.1 Å². The number of aliphatic hydroxyl groups is 1. The van der Waals surface area contributed by atoms with Crippen molar-refractivity contribution in [2.45, 2.75) is 25.4 Å². The van der Waals surface area contributed by atoms with Gasteiger partial charge >= 0.3 is 0 Å². The van der Waals surface area contributed by atoms with E-state index in [1.165, 1.54) is 6.07 Å². The average molecular weight is 288 g/mol. The molecule has 1 aromatic rings. The van der Waals surface area contributed by atoms with Gasteiger partial charge in [0.1, 0.15) is 5.82 Å². The minimum atomic E-state index is -0.218. The lowest BCUT2D eigenvalue weighted by atomic mass is 10.2. The van der Waals surface area contributed by atoms with Crippen LogP contribution in [-0.2, 0) is 6.54 Å². The number of halogens is 2. The molecule has 2 nitrogen and oxygen atoms in total. The molecule has 1 aliphatic rings. The monoisotopic (exact) mass is 287 g/mol. The SMILES string of the molecule is OC[C@@H]1CCCN1Cc1cc(F)cc(Br)c1. The third-order valence-corrected chi connectivity index (χ3v) is 3.48. The molecule has 0 aliphatic carbocycles.